The summed E-state index contributed by atoms with van der Waals surface area (Å²) < 4.78 is 38.7. The molecule has 31 heavy (non-hydrogen) atoms. The van der Waals surface area contributed by atoms with Crippen LogP contribution in [0.1, 0.15) is 4.88 Å². The van der Waals surface area contributed by atoms with Gasteiger partial charge in [0.15, 0.2) is 11.6 Å². The van der Waals surface area contributed by atoms with Gasteiger partial charge in [0.1, 0.15) is 16.3 Å². The highest BCUT2D eigenvalue weighted by Crippen LogP contribution is 2.40. The number of nitrogens with one attached hydrogen (secondary N) is 1. The van der Waals surface area contributed by atoms with Crippen LogP contribution in [0.15, 0.2) is 65.4 Å². The summed E-state index contributed by atoms with van der Waals surface area (Å²) in [5, 5.41) is 2.45. The third-order valence-electron chi connectivity index (χ3n) is 4.63. The van der Waals surface area contributed by atoms with Gasteiger partial charge < -0.3 is 14.0 Å². The highest BCUT2D eigenvalue weighted by Gasteiger charge is 2.17. The fraction of sp³-hybridized carbons (Fsp3) is 0.0870. The van der Waals surface area contributed by atoms with E-state index in [9.17, 15) is 13.6 Å². The standard InChI is InChI=1S/C23H18F2N2O2S2/c1-4-30-26-15-6-8-20(29-21-7-5-14(24)10-19(21)25)16(11-15)18-12-27(3)23(28)22-17(18)9-13(2)31-22/h4-12,26H,1H2,2-3H3. The van der Waals surface area contributed by atoms with Crippen molar-refractivity contribution in [3.05, 3.63) is 87.5 Å². The minimum Gasteiger partial charge on any atom is -0.454 e. The van der Waals surface area contributed by atoms with Gasteiger partial charge >= 0.3 is 0 Å². The number of hydrogen-bond donors (Lipinski definition) is 1. The Labute approximate surface area is 185 Å². The maximum absolute atomic E-state index is 14.3. The first-order valence-electron chi connectivity index (χ1n) is 9.27. The molecule has 0 aliphatic heterocycles. The maximum Gasteiger partial charge on any atom is 0.268 e. The number of anilines is 1. The summed E-state index contributed by atoms with van der Waals surface area (Å²) in [6, 6.07) is 10.5. The van der Waals surface area contributed by atoms with Gasteiger partial charge in [-0.25, -0.2) is 8.78 Å². The summed E-state index contributed by atoms with van der Waals surface area (Å²) in [6.45, 7) is 5.62. The second-order valence-electron chi connectivity index (χ2n) is 6.83. The molecule has 0 atom stereocenters. The lowest BCUT2D eigenvalue weighted by atomic mass is 10.0. The molecule has 0 amide bonds. The molecule has 0 saturated heterocycles. The van der Waals surface area contributed by atoms with Crippen LogP contribution in [-0.2, 0) is 7.05 Å². The van der Waals surface area contributed by atoms with Crippen molar-refractivity contribution in [2.75, 3.05) is 4.72 Å². The van der Waals surface area contributed by atoms with Gasteiger partial charge in [0.25, 0.3) is 5.56 Å². The lowest BCUT2D eigenvalue weighted by Crippen LogP contribution is -2.15. The molecule has 0 saturated carbocycles. The zero-order valence-electron chi connectivity index (χ0n) is 16.7. The van der Waals surface area contributed by atoms with E-state index in [1.54, 1.807) is 30.8 Å². The zero-order valence-corrected chi connectivity index (χ0v) is 18.4. The van der Waals surface area contributed by atoms with Gasteiger partial charge in [0.05, 0.1) is 0 Å². The van der Waals surface area contributed by atoms with E-state index >= 15 is 0 Å². The number of aromatic nitrogens is 1. The van der Waals surface area contributed by atoms with Gasteiger partial charge in [-0.15, -0.1) is 11.3 Å². The normalized spacial score (nSPS) is 11.0. The Morgan fingerprint density at radius 1 is 1.13 bits per heavy atom. The van der Waals surface area contributed by atoms with Crippen molar-refractivity contribution >= 4 is 39.1 Å². The van der Waals surface area contributed by atoms with E-state index in [2.05, 4.69) is 11.3 Å². The molecule has 0 bridgehead atoms. The molecule has 8 heteroatoms. The number of rotatable bonds is 6. The smallest absolute Gasteiger partial charge is 0.268 e. The van der Waals surface area contributed by atoms with Crippen LogP contribution >= 0.6 is 23.3 Å². The Kier molecular flexibility index (Phi) is 5.84. The summed E-state index contributed by atoms with van der Waals surface area (Å²) in [5.41, 5.74) is 2.13. The molecule has 0 radical (unpaired) electrons. The predicted molar refractivity (Wildman–Crippen MR) is 125 cm³/mol. The Hall–Kier alpha value is -3.10. The molecule has 0 spiro atoms. The number of nitrogens with zero attached hydrogens (tertiary/aromatic N) is 1. The molecule has 158 valence electrons. The van der Waals surface area contributed by atoms with Crippen LogP contribution in [0.4, 0.5) is 14.5 Å². The van der Waals surface area contributed by atoms with Crippen molar-refractivity contribution in [3.8, 4) is 22.6 Å². The minimum atomic E-state index is -0.799. The van der Waals surface area contributed by atoms with E-state index < -0.39 is 11.6 Å². The molecule has 4 nitrogen and oxygen atoms in total. The number of aryl methyl sites for hydroxylation is 2. The number of pyridine rings is 1. The van der Waals surface area contributed by atoms with Crippen molar-refractivity contribution in [2.24, 2.45) is 7.05 Å². The van der Waals surface area contributed by atoms with Gasteiger partial charge in [-0.3, -0.25) is 4.79 Å². The topological polar surface area (TPSA) is 43.3 Å². The molecule has 2 aromatic heterocycles. The molecular formula is C23H18F2N2O2S2. The minimum absolute atomic E-state index is 0.0830. The monoisotopic (exact) mass is 456 g/mol. The Morgan fingerprint density at radius 3 is 2.65 bits per heavy atom. The van der Waals surface area contributed by atoms with Crippen LogP contribution < -0.4 is 15.0 Å². The van der Waals surface area contributed by atoms with Crippen LogP contribution in [-0.4, -0.2) is 4.57 Å². The molecule has 1 N–H and O–H groups in total. The van der Waals surface area contributed by atoms with Crippen molar-refractivity contribution in [3.63, 3.8) is 0 Å². The van der Waals surface area contributed by atoms with Crippen molar-refractivity contribution in [2.45, 2.75) is 6.92 Å². The first-order chi connectivity index (χ1) is 14.9. The van der Waals surface area contributed by atoms with Gasteiger partial charge in [-0.2, -0.15) is 0 Å². The first kappa shape index (κ1) is 21.1. The average molecular weight is 457 g/mol. The Balaban J connectivity index is 1.93. The fourth-order valence-electron chi connectivity index (χ4n) is 3.25. The molecule has 4 rings (SSSR count). The molecule has 4 aromatic rings. The van der Waals surface area contributed by atoms with Gasteiger partial charge in [0, 0.05) is 46.4 Å². The summed E-state index contributed by atoms with van der Waals surface area (Å²) in [6.07, 6.45) is 1.74. The molecule has 0 fully saturated rings. The zero-order chi connectivity index (χ0) is 22.1. The van der Waals surface area contributed by atoms with Crippen molar-refractivity contribution in [1.82, 2.24) is 4.57 Å². The van der Waals surface area contributed by atoms with Crippen LogP contribution in [0.2, 0.25) is 0 Å². The van der Waals surface area contributed by atoms with E-state index in [1.165, 1.54) is 33.9 Å². The second-order valence-corrected chi connectivity index (χ2v) is 8.86. The number of thiophene rings is 1. The highest BCUT2D eigenvalue weighted by molar-refractivity contribution is 8.03. The molecule has 0 unspecified atom stereocenters. The first-order valence-corrected chi connectivity index (χ1v) is 11.0. The summed E-state index contributed by atoms with van der Waals surface area (Å²) in [7, 11) is 1.69. The third kappa shape index (κ3) is 4.22. The largest absolute Gasteiger partial charge is 0.454 e. The van der Waals surface area contributed by atoms with Crippen molar-refractivity contribution < 1.29 is 13.5 Å². The predicted octanol–water partition coefficient (Wildman–Crippen LogP) is 6.85. The van der Waals surface area contributed by atoms with Gasteiger partial charge in [0.2, 0.25) is 0 Å². The SMILES string of the molecule is C=CSNc1ccc(Oc2ccc(F)cc2F)c(-c2cn(C)c(=O)c3sc(C)cc23)c1. The molecule has 2 heterocycles. The van der Waals surface area contributed by atoms with E-state index in [-0.39, 0.29) is 11.3 Å². The quantitative estimate of drug-likeness (QED) is 0.322. The molecule has 0 aliphatic carbocycles. The maximum atomic E-state index is 14.3. The second kappa shape index (κ2) is 8.56. The van der Waals surface area contributed by atoms with E-state index in [4.69, 9.17) is 4.74 Å². The van der Waals surface area contributed by atoms with Crippen molar-refractivity contribution in [1.29, 1.82) is 0 Å². The van der Waals surface area contributed by atoms with E-state index in [0.717, 1.165) is 33.6 Å². The fourth-order valence-corrected chi connectivity index (χ4v) is 4.60. The third-order valence-corrected chi connectivity index (χ3v) is 6.19. The number of hydrogen-bond acceptors (Lipinski definition) is 5. The highest BCUT2D eigenvalue weighted by atomic mass is 32.2. The van der Waals surface area contributed by atoms with E-state index in [0.29, 0.717) is 16.0 Å². The number of fused-ring (bicyclic) bond motifs is 1. The lowest BCUT2D eigenvalue weighted by molar-refractivity contribution is 0.439. The number of halogens is 2. The molecule has 2 aromatic carbocycles. The molecular weight excluding hydrogens is 438 g/mol. The average Bonchev–Trinajstić information content (AvgIpc) is 3.14. The van der Waals surface area contributed by atoms with Crippen LogP contribution in [0.25, 0.3) is 21.2 Å². The van der Waals surface area contributed by atoms with Gasteiger partial charge in [-0.05, 0) is 60.7 Å². The van der Waals surface area contributed by atoms with Crippen LogP contribution in [0.5, 0.6) is 11.5 Å². The summed E-state index contributed by atoms with van der Waals surface area (Å²) >= 11 is 2.74. The Bertz CT molecular complexity index is 1360. The number of ether oxygens (including phenoxy) is 1. The lowest BCUT2D eigenvalue weighted by Gasteiger charge is -2.15. The molecule has 0 aliphatic rings. The Morgan fingerprint density at radius 2 is 1.90 bits per heavy atom. The van der Waals surface area contributed by atoms with E-state index in [1.807, 2.05) is 19.1 Å². The van der Waals surface area contributed by atoms with Crippen LogP contribution in [0.3, 0.4) is 0 Å². The summed E-state index contributed by atoms with van der Waals surface area (Å²) in [4.78, 5) is 13.6. The summed E-state index contributed by atoms with van der Waals surface area (Å²) in [5.74, 6) is -1.19. The number of benzene rings is 2. The van der Waals surface area contributed by atoms with Gasteiger partial charge in [-0.1, -0.05) is 6.58 Å². The van der Waals surface area contributed by atoms with Crippen LogP contribution in [0, 0.1) is 18.6 Å².